The van der Waals surface area contributed by atoms with Gasteiger partial charge in [-0.15, -0.1) is 0 Å². The van der Waals surface area contributed by atoms with Crippen LogP contribution in [0, 0.1) is 12.8 Å². The first-order valence-corrected chi connectivity index (χ1v) is 12.6. The first kappa shape index (κ1) is 25.9. The van der Waals surface area contributed by atoms with Crippen molar-refractivity contribution in [2.45, 2.75) is 69.7 Å². The van der Waals surface area contributed by atoms with Crippen LogP contribution in [0.25, 0.3) is 10.9 Å². The zero-order valence-corrected chi connectivity index (χ0v) is 21.0. The molecular formula is C27H34N2O8. The zero-order valence-electron chi connectivity index (χ0n) is 21.0. The number of methoxy groups -OCH3 is 1. The van der Waals surface area contributed by atoms with E-state index in [9.17, 15) is 20.4 Å². The number of aromatic nitrogens is 2. The molecule has 1 aromatic heterocycles. The number of nitrogens with zero attached hydrogens (tertiary/aromatic N) is 1. The SMILES string of the molecule is COc1ccc2c(c1)CCC(CCc1n[nH]c3cc(C)cc(OO[C@@H]4[C@@H](O)[C@H](O)[C@@H](CO)O[C@H]4O)c13)C2. The van der Waals surface area contributed by atoms with E-state index in [1.54, 1.807) is 13.2 Å². The number of aliphatic hydroxyl groups excluding tert-OH is 4. The topological polar surface area (TPSA) is 147 Å². The second-order valence-corrected chi connectivity index (χ2v) is 10.0. The van der Waals surface area contributed by atoms with E-state index in [-0.39, 0.29) is 0 Å². The summed E-state index contributed by atoms with van der Waals surface area (Å²) in [7, 11) is 1.69. The third kappa shape index (κ3) is 5.31. The first-order chi connectivity index (χ1) is 17.9. The van der Waals surface area contributed by atoms with Gasteiger partial charge in [0.15, 0.2) is 18.1 Å². The molecule has 1 aliphatic carbocycles. The van der Waals surface area contributed by atoms with Gasteiger partial charge in [-0.25, -0.2) is 0 Å². The lowest BCUT2D eigenvalue weighted by molar-refractivity contribution is -0.364. The molecule has 0 amide bonds. The third-order valence-corrected chi connectivity index (χ3v) is 7.47. The maximum Gasteiger partial charge on any atom is 0.188 e. The summed E-state index contributed by atoms with van der Waals surface area (Å²) in [5, 5.41) is 48.3. The van der Waals surface area contributed by atoms with E-state index in [2.05, 4.69) is 22.3 Å². The van der Waals surface area contributed by atoms with Crippen LogP contribution in [0.5, 0.6) is 11.5 Å². The lowest BCUT2D eigenvalue weighted by atomic mass is 9.81. The molecule has 1 unspecified atom stereocenters. The minimum atomic E-state index is -1.59. The van der Waals surface area contributed by atoms with Crippen LogP contribution in [0.1, 0.15) is 35.2 Å². The highest BCUT2D eigenvalue weighted by Gasteiger charge is 2.45. The molecule has 37 heavy (non-hydrogen) atoms. The van der Waals surface area contributed by atoms with Crippen LogP contribution in [0.4, 0.5) is 0 Å². The van der Waals surface area contributed by atoms with Crippen LogP contribution in [0.3, 0.4) is 0 Å². The first-order valence-electron chi connectivity index (χ1n) is 12.6. The molecule has 2 heterocycles. The maximum absolute atomic E-state index is 10.4. The fraction of sp³-hybridized carbons (Fsp3) is 0.519. The van der Waals surface area contributed by atoms with E-state index < -0.39 is 37.3 Å². The van der Waals surface area contributed by atoms with E-state index in [0.29, 0.717) is 11.7 Å². The van der Waals surface area contributed by atoms with Crippen molar-refractivity contribution in [1.29, 1.82) is 0 Å². The van der Waals surface area contributed by atoms with E-state index in [0.717, 1.165) is 60.0 Å². The Morgan fingerprint density at radius 3 is 2.73 bits per heavy atom. The Labute approximate surface area is 214 Å². The van der Waals surface area contributed by atoms with Crippen LogP contribution in [-0.2, 0) is 28.9 Å². The molecule has 5 N–H and O–H groups in total. The molecule has 6 atom stereocenters. The monoisotopic (exact) mass is 514 g/mol. The van der Waals surface area contributed by atoms with Crippen LogP contribution < -0.4 is 9.62 Å². The Morgan fingerprint density at radius 1 is 1.11 bits per heavy atom. The summed E-state index contributed by atoms with van der Waals surface area (Å²) in [5.41, 5.74) is 5.26. The summed E-state index contributed by atoms with van der Waals surface area (Å²) in [4.78, 5) is 11.0. The van der Waals surface area contributed by atoms with E-state index in [4.69, 9.17) is 19.2 Å². The molecule has 1 fully saturated rings. The highest BCUT2D eigenvalue weighted by molar-refractivity contribution is 5.88. The molecule has 3 aromatic rings. The Morgan fingerprint density at radius 2 is 1.95 bits per heavy atom. The van der Waals surface area contributed by atoms with E-state index >= 15 is 0 Å². The Balaban J connectivity index is 1.29. The molecule has 0 radical (unpaired) electrons. The number of ether oxygens (including phenoxy) is 2. The van der Waals surface area contributed by atoms with E-state index in [1.165, 1.54) is 11.1 Å². The molecule has 0 bridgehead atoms. The van der Waals surface area contributed by atoms with Crippen LogP contribution in [-0.4, -0.2) is 75.0 Å². The molecule has 10 heteroatoms. The fourth-order valence-corrected chi connectivity index (χ4v) is 5.37. The van der Waals surface area contributed by atoms with Gasteiger partial charge in [-0.1, -0.05) is 6.07 Å². The molecule has 0 saturated carbocycles. The quantitative estimate of drug-likeness (QED) is 0.224. The van der Waals surface area contributed by atoms with Crippen molar-refractivity contribution in [3.8, 4) is 11.5 Å². The number of fused-ring (bicyclic) bond motifs is 2. The Hall–Kier alpha value is -2.73. The molecule has 1 aliphatic heterocycles. The molecular weight excluding hydrogens is 480 g/mol. The predicted octanol–water partition coefficient (Wildman–Crippen LogP) is 1.73. The summed E-state index contributed by atoms with van der Waals surface area (Å²) in [6, 6.07) is 10.1. The van der Waals surface area contributed by atoms with Crippen LogP contribution in [0.15, 0.2) is 30.3 Å². The number of hydrogen-bond acceptors (Lipinski definition) is 9. The molecule has 200 valence electrons. The molecule has 2 aromatic carbocycles. The van der Waals surface area contributed by atoms with Crippen molar-refractivity contribution in [1.82, 2.24) is 10.2 Å². The summed E-state index contributed by atoms with van der Waals surface area (Å²) < 4.78 is 10.5. The number of nitrogens with one attached hydrogen (secondary N) is 1. The van der Waals surface area contributed by atoms with Gasteiger partial charge in [0.2, 0.25) is 0 Å². The molecule has 1 saturated heterocycles. The zero-order chi connectivity index (χ0) is 26.1. The number of aromatic amines is 1. The van der Waals surface area contributed by atoms with Crippen LogP contribution >= 0.6 is 0 Å². The van der Waals surface area contributed by atoms with Gasteiger partial charge in [-0.2, -0.15) is 9.99 Å². The van der Waals surface area contributed by atoms with Crippen molar-refractivity contribution >= 4 is 10.9 Å². The van der Waals surface area contributed by atoms with Gasteiger partial charge < -0.3 is 34.8 Å². The number of aliphatic hydroxyl groups is 4. The fourth-order valence-electron chi connectivity index (χ4n) is 5.37. The van der Waals surface area contributed by atoms with Crippen molar-refractivity contribution in [3.05, 3.63) is 52.7 Å². The van der Waals surface area contributed by atoms with Gasteiger partial charge in [0, 0.05) is 0 Å². The minimum absolute atomic E-state index is 0.387. The Bertz CT molecular complexity index is 1230. The lowest BCUT2D eigenvalue weighted by Crippen LogP contribution is -2.59. The minimum Gasteiger partial charge on any atom is -0.497 e. The third-order valence-electron chi connectivity index (χ3n) is 7.47. The van der Waals surface area contributed by atoms with Gasteiger partial charge in [-0.05, 0) is 85.9 Å². The number of rotatable bonds is 8. The highest BCUT2D eigenvalue weighted by Crippen LogP contribution is 2.34. The van der Waals surface area contributed by atoms with Crippen molar-refractivity contribution in [3.63, 3.8) is 0 Å². The van der Waals surface area contributed by atoms with Gasteiger partial charge in [0.25, 0.3) is 0 Å². The number of H-pyrrole nitrogens is 1. The normalized spacial score (nSPS) is 27.7. The van der Waals surface area contributed by atoms with E-state index in [1.807, 2.05) is 19.1 Å². The largest absolute Gasteiger partial charge is 0.497 e. The maximum atomic E-state index is 10.4. The van der Waals surface area contributed by atoms with Crippen molar-refractivity contribution in [2.75, 3.05) is 13.7 Å². The number of benzene rings is 2. The van der Waals surface area contributed by atoms with Gasteiger partial charge >= 0.3 is 0 Å². The predicted molar refractivity (Wildman–Crippen MR) is 133 cm³/mol. The molecule has 2 aliphatic rings. The highest BCUT2D eigenvalue weighted by atomic mass is 17.2. The average Bonchev–Trinajstić information content (AvgIpc) is 3.31. The Kier molecular flexibility index (Phi) is 7.66. The summed E-state index contributed by atoms with van der Waals surface area (Å²) >= 11 is 0. The van der Waals surface area contributed by atoms with Gasteiger partial charge in [-0.3, -0.25) is 5.10 Å². The standard InChI is InChI=1S/C27H34N2O8/c1-14-9-20-23(21(10-14)36-37-26-25(32)24(31)22(13-30)35-27(26)33)19(28-29-20)8-4-15-3-5-17-12-18(34-2)7-6-16(17)11-15/h6-7,9-10,12,15,22,24-27,30-33H,3-5,8,11,13H2,1-2H3,(H,28,29)/t15?,22-,24-,25+,26-,27-/m1/s1. The molecule has 0 spiro atoms. The lowest BCUT2D eigenvalue weighted by Gasteiger charge is -2.38. The van der Waals surface area contributed by atoms with Gasteiger partial charge in [0.1, 0.15) is 24.1 Å². The second kappa shape index (κ2) is 10.9. The molecule has 5 rings (SSSR count). The smallest absolute Gasteiger partial charge is 0.188 e. The number of hydrogen-bond donors (Lipinski definition) is 5. The summed E-state index contributed by atoms with van der Waals surface area (Å²) in [6.45, 7) is 1.35. The second-order valence-electron chi connectivity index (χ2n) is 10.0. The summed E-state index contributed by atoms with van der Waals surface area (Å²) in [5.74, 6) is 1.81. The molecule has 10 nitrogen and oxygen atoms in total. The van der Waals surface area contributed by atoms with Gasteiger partial charge in [0.05, 0.1) is 30.3 Å². The van der Waals surface area contributed by atoms with Crippen molar-refractivity contribution < 1.29 is 39.7 Å². The summed E-state index contributed by atoms with van der Waals surface area (Å²) in [6.07, 6.45) is -2.19. The van der Waals surface area contributed by atoms with Crippen LogP contribution in [0.2, 0.25) is 0 Å². The average molecular weight is 515 g/mol. The number of aryl methyl sites for hydroxylation is 3. The van der Waals surface area contributed by atoms with Crippen molar-refractivity contribution in [2.24, 2.45) is 5.92 Å².